The zero-order valence-electron chi connectivity index (χ0n) is 13.8. The summed E-state index contributed by atoms with van der Waals surface area (Å²) in [6.45, 7) is 4.68. The largest absolute Gasteiger partial charge is 0.336 e. The molecule has 0 aromatic carbocycles. The van der Waals surface area contributed by atoms with Crippen LogP contribution in [0.2, 0.25) is 0 Å². The predicted octanol–water partition coefficient (Wildman–Crippen LogP) is 3.04. The second kappa shape index (κ2) is 8.92. The molecule has 0 saturated heterocycles. The molecule has 2 aromatic rings. The summed E-state index contributed by atoms with van der Waals surface area (Å²) in [6, 6.07) is 5.71. The summed E-state index contributed by atoms with van der Waals surface area (Å²) >= 11 is 0. The maximum absolute atomic E-state index is 11.9. The highest BCUT2D eigenvalue weighted by atomic mass is 16.2. The molecule has 0 aliphatic heterocycles. The van der Waals surface area contributed by atoms with Crippen molar-refractivity contribution in [2.45, 2.75) is 52.1 Å². The summed E-state index contributed by atoms with van der Waals surface area (Å²) in [6.07, 6.45) is 9.83. The predicted molar refractivity (Wildman–Crippen MR) is 90.3 cm³/mol. The van der Waals surface area contributed by atoms with Crippen LogP contribution in [0.4, 0.5) is 4.79 Å². The summed E-state index contributed by atoms with van der Waals surface area (Å²) in [5, 5.41) is 10.0. The first-order valence-electron chi connectivity index (χ1n) is 8.18. The van der Waals surface area contributed by atoms with E-state index in [1.807, 2.05) is 31.3 Å². The average Bonchev–Trinajstić information content (AvgIpc) is 3.08. The smallest absolute Gasteiger partial charge is 0.315 e. The Morgan fingerprint density at radius 3 is 2.96 bits per heavy atom. The SMILES string of the molecule is CCCCCC(C)NC(=O)NCc1ccnc(-n2cccn2)c1. The Morgan fingerprint density at radius 1 is 1.35 bits per heavy atom. The Labute approximate surface area is 137 Å². The third kappa shape index (κ3) is 5.73. The van der Waals surface area contributed by atoms with E-state index in [1.165, 1.54) is 12.8 Å². The van der Waals surface area contributed by atoms with Gasteiger partial charge in [-0.3, -0.25) is 0 Å². The number of amides is 2. The lowest BCUT2D eigenvalue weighted by molar-refractivity contribution is 0.236. The minimum atomic E-state index is -0.133. The van der Waals surface area contributed by atoms with E-state index in [4.69, 9.17) is 0 Å². The molecule has 2 rings (SSSR count). The number of hydrogen-bond donors (Lipinski definition) is 2. The Morgan fingerprint density at radius 2 is 2.22 bits per heavy atom. The van der Waals surface area contributed by atoms with E-state index in [0.29, 0.717) is 6.54 Å². The zero-order chi connectivity index (χ0) is 16.5. The van der Waals surface area contributed by atoms with Gasteiger partial charge in [0.2, 0.25) is 0 Å². The van der Waals surface area contributed by atoms with Crippen molar-refractivity contribution < 1.29 is 4.79 Å². The topological polar surface area (TPSA) is 71.8 Å². The van der Waals surface area contributed by atoms with E-state index >= 15 is 0 Å². The molecule has 2 amide bonds. The number of pyridine rings is 1. The van der Waals surface area contributed by atoms with Crippen LogP contribution < -0.4 is 10.6 Å². The van der Waals surface area contributed by atoms with Crippen molar-refractivity contribution in [1.29, 1.82) is 0 Å². The Bertz CT molecular complexity index is 597. The van der Waals surface area contributed by atoms with Gasteiger partial charge in [0.25, 0.3) is 0 Å². The van der Waals surface area contributed by atoms with Gasteiger partial charge in [0.15, 0.2) is 5.82 Å². The molecule has 23 heavy (non-hydrogen) atoms. The van der Waals surface area contributed by atoms with Crippen molar-refractivity contribution in [3.8, 4) is 5.82 Å². The van der Waals surface area contributed by atoms with Gasteiger partial charge in [-0.05, 0) is 37.1 Å². The number of rotatable bonds is 8. The molecule has 1 atom stereocenters. The van der Waals surface area contributed by atoms with E-state index in [9.17, 15) is 4.79 Å². The second-order valence-corrected chi connectivity index (χ2v) is 5.70. The maximum atomic E-state index is 11.9. The number of carbonyl (C=O) groups excluding carboxylic acids is 1. The number of aromatic nitrogens is 3. The van der Waals surface area contributed by atoms with Crippen molar-refractivity contribution >= 4 is 6.03 Å². The van der Waals surface area contributed by atoms with Gasteiger partial charge in [-0.15, -0.1) is 0 Å². The Balaban J connectivity index is 1.79. The molecule has 0 radical (unpaired) electrons. The van der Waals surface area contributed by atoms with E-state index in [0.717, 1.165) is 24.2 Å². The quantitative estimate of drug-likeness (QED) is 0.736. The molecule has 0 aliphatic carbocycles. The van der Waals surface area contributed by atoms with Gasteiger partial charge in [-0.1, -0.05) is 26.2 Å². The molecule has 124 valence electrons. The van der Waals surface area contributed by atoms with E-state index in [-0.39, 0.29) is 12.1 Å². The monoisotopic (exact) mass is 315 g/mol. The first kappa shape index (κ1) is 17.0. The van der Waals surface area contributed by atoms with Gasteiger partial charge in [0.1, 0.15) is 0 Å². The lowest BCUT2D eigenvalue weighted by Crippen LogP contribution is -2.40. The molecule has 0 aliphatic rings. The molecule has 0 bridgehead atoms. The summed E-state index contributed by atoms with van der Waals surface area (Å²) in [7, 11) is 0. The fourth-order valence-electron chi connectivity index (χ4n) is 2.33. The number of unbranched alkanes of at least 4 members (excludes halogenated alkanes) is 2. The third-order valence-corrected chi connectivity index (χ3v) is 3.62. The lowest BCUT2D eigenvalue weighted by atomic mass is 10.1. The zero-order valence-corrected chi connectivity index (χ0v) is 13.8. The third-order valence-electron chi connectivity index (χ3n) is 3.62. The molecule has 2 heterocycles. The summed E-state index contributed by atoms with van der Waals surface area (Å²) < 4.78 is 1.69. The second-order valence-electron chi connectivity index (χ2n) is 5.70. The van der Waals surface area contributed by atoms with Crippen molar-refractivity contribution in [1.82, 2.24) is 25.4 Å². The van der Waals surface area contributed by atoms with Crippen LogP contribution in [0.15, 0.2) is 36.8 Å². The first-order chi connectivity index (χ1) is 11.2. The van der Waals surface area contributed by atoms with Crippen LogP contribution in [0, 0.1) is 0 Å². The summed E-state index contributed by atoms with van der Waals surface area (Å²) in [5.41, 5.74) is 0.985. The van der Waals surface area contributed by atoms with E-state index in [1.54, 1.807) is 17.1 Å². The van der Waals surface area contributed by atoms with Crippen molar-refractivity contribution in [2.24, 2.45) is 0 Å². The maximum Gasteiger partial charge on any atom is 0.315 e. The number of nitrogens with one attached hydrogen (secondary N) is 2. The van der Waals surface area contributed by atoms with Crippen molar-refractivity contribution in [3.63, 3.8) is 0 Å². The molecular formula is C17H25N5O. The highest BCUT2D eigenvalue weighted by Gasteiger charge is 2.07. The molecule has 2 N–H and O–H groups in total. The van der Waals surface area contributed by atoms with Crippen molar-refractivity contribution in [3.05, 3.63) is 42.4 Å². The van der Waals surface area contributed by atoms with E-state index < -0.39 is 0 Å². The van der Waals surface area contributed by atoms with E-state index in [2.05, 4.69) is 27.6 Å². The average molecular weight is 315 g/mol. The standard InChI is InChI=1S/C17H25N5O/c1-3-4-5-7-14(2)21-17(23)19-13-15-8-10-18-16(12-15)22-11-6-9-20-22/h6,8-12,14H,3-5,7,13H2,1-2H3,(H2,19,21,23). The van der Waals surface area contributed by atoms with Crippen LogP contribution >= 0.6 is 0 Å². The number of carbonyl (C=O) groups is 1. The number of nitrogens with zero attached hydrogens (tertiary/aromatic N) is 3. The molecular weight excluding hydrogens is 290 g/mol. The number of hydrogen-bond acceptors (Lipinski definition) is 3. The highest BCUT2D eigenvalue weighted by molar-refractivity contribution is 5.74. The minimum absolute atomic E-state index is 0.133. The van der Waals surface area contributed by atoms with Crippen LogP contribution in [0.1, 0.15) is 45.1 Å². The van der Waals surface area contributed by atoms with Crippen LogP contribution in [-0.2, 0) is 6.54 Å². The van der Waals surface area contributed by atoms with Crippen LogP contribution in [0.5, 0.6) is 0 Å². The minimum Gasteiger partial charge on any atom is -0.336 e. The molecule has 1 unspecified atom stereocenters. The van der Waals surface area contributed by atoms with Gasteiger partial charge >= 0.3 is 6.03 Å². The van der Waals surface area contributed by atoms with Gasteiger partial charge in [-0.25, -0.2) is 14.5 Å². The fourth-order valence-corrected chi connectivity index (χ4v) is 2.33. The molecule has 6 heteroatoms. The first-order valence-corrected chi connectivity index (χ1v) is 8.18. The van der Waals surface area contributed by atoms with Gasteiger partial charge in [-0.2, -0.15) is 5.10 Å². The number of urea groups is 1. The molecule has 0 spiro atoms. The summed E-state index contributed by atoms with van der Waals surface area (Å²) in [4.78, 5) is 16.2. The summed E-state index contributed by atoms with van der Waals surface area (Å²) in [5.74, 6) is 0.739. The molecule has 0 saturated carbocycles. The lowest BCUT2D eigenvalue weighted by Gasteiger charge is -2.14. The molecule has 2 aromatic heterocycles. The van der Waals surface area contributed by atoms with Crippen LogP contribution in [0.3, 0.4) is 0 Å². The Hall–Kier alpha value is -2.37. The fraction of sp³-hybridized carbons (Fsp3) is 0.471. The van der Waals surface area contributed by atoms with Gasteiger partial charge in [0, 0.05) is 31.2 Å². The normalized spacial score (nSPS) is 11.9. The van der Waals surface area contributed by atoms with Crippen molar-refractivity contribution in [2.75, 3.05) is 0 Å². The van der Waals surface area contributed by atoms with Crippen LogP contribution in [0.25, 0.3) is 5.82 Å². The van der Waals surface area contributed by atoms with Crippen LogP contribution in [-0.4, -0.2) is 26.8 Å². The van der Waals surface area contributed by atoms with Gasteiger partial charge in [0.05, 0.1) is 0 Å². The molecule has 6 nitrogen and oxygen atoms in total. The van der Waals surface area contributed by atoms with Gasteiger partial charge < -0.3 is 10.6 Å². The molecule has 0 fully saturated rings. The highest BCUT2D eigenvalue weighted by Crippen LogP contribution is 2.06. The Kier molecular flexibility index (Phi) is 6.59.